The zero-order chi connectivity index (χ0) is 22.9. The third-order valence-corrected chi connectivity index (χ3v) is 5.32. The predicted octanol–water partition coefficient (Wildman–Crippen LogP) is 2.73. The van der Waals surface area contributed by atoms with Gasteiger partial charge < -0.3 is 20.2 Å². The molecular formula is C23H22N8O2. The van der Waals surface area contributed by atoms with Crippen LogP contribution in [0, 0.1) is 13.8 Å². The minimum atomic E-state index is -0.173. The van der Waals surface area contributed by atoms with E-state index in [0.717, 1.165) is 22.6 Å². The summed E-state index contributed by atoms with van der Waals surface area (Å²) >= 11 is 0. The molecule has 4 heterocycles. The monoisotopic (exact) mass is 442 g/mol. The topological polar surface area (TPSA) is 125 Å². The number of benzene rings is 1. The molecule has 0 aliphatic carbocycles. The second-order valence-electron chi connectivity index (χ2n) is 7.68. The summed E-state index contributed by atoms with van der Waals surface area (Å²) in [4.78, 5) is 25.8. The average molecular weight is 442 g/mol. The Morgan fingerprint density at radius 3 is 2.85 bits per heavy atom. The smallest absolute Gasteiger partial charge is 0.254 e. The van der Waals surface area contributed by atoms with Gasteiger partial charge in [0, 0.05) is 41.1 Å². The van der Waals surface area contributed by atoms with E-state index in [9.17, 15) is 4.79 Å². The van der Waals surface area contributed by atoms with Gasteiger partial charge in [0.25, 0.3) is 5.78 Å². The van der Waals surface area contributed by atoms with Crippen molar-refractivity contribution in [3.8, 4) is 5.75 Å². The Labute approximate surface area is 189 Å². The summed E-state index contributed by atoms with van der Waals surface area (Å²) < 4.78 is 9.38. The third-order valence-electron chi connectivity index (χ3n) is 5.32. The largest absolute Gasteiger partial charge is 0.487 e. The van der Waals surface area contributed by atoms with Gasteiger partial charge in [-0.25, -0.2) is 9.97 Å². The average Bonchev–Trinajstić information content (AvgIpc) is 3.38. The SMILES string of the molecule is Cc1nc2nc(N)nn2c(C)c1CC(=O)Nc1cccc(OCc2cn3ccccc3n2)c1. The van der Waals surface area contributed by atoms with E-state index in [1.807, 2.05) is 67.0 Å². The summed E-state index contributed by atoms with van der Waals surface area (Å²) in [5.74, 6) is 1.03. The first-order valence-electron chi connectivity index (χ1n) is 10.4. The fraction of sp³-hybridized carbons (Fsp3) is 0.174. The lowest BCUT2D eigenvalue weighted by atomic mass is 10.1. The molecule has 10 nitrogen and oxygen atoms in total. The number of imidazole rings is 1. The molecule has 3 N–H and O–H groups in total. The van der Waals surface area contributed by atoms with E-state index in [1.165, 1.54) is 0 Å². The molecule has 33 heavy (non-hydrogen) atoms. The van der Waals surface area contributed by atoms with Crippen molar-refractivity contribution in [3.05, 3.63) is 77.5 Å². The van der Waals surface area contributed by atoms with Gasteiger partial charge in [-0.1, -0.05) is 12.1 Å². The Hall–Kier alpha value is -4.47. The molecule has 166 valence electrons. The van der Waals surface area contributed by atoms with Crippen LogP contribution in [0.4, 0.5) is 11.6 Å². The van der Waals surface area contributed by atoms with Crippen molar-refractivity contribution in [3.63, 3.8) is 0 Å². The Balaban J connectivity index is 1.26. The minimum Gasteiger partial charge on any atom is -0.487 e. The summed E-state index contributed by atoms with van der Waals surface area (Å²) in [5, 5.41) is 7.06. The number of ether oxygens (including phenoxy) is 1. The molecule has 1 amide bonds. The van der Waals surface area contributed by atoms with Crippen LogP contribution in [0.2, 0.25) is 0 Å². The molecule has 0 fully saturated rings. The van der Waals surface area contributed by atoms with Crippen LogP contribution < -0.4 is 15.8 Å². The van der Waals surface area contributed by atoms with Gasteiger partial charge in [-0.2, -0.15) is 9.50 Å². The molecule has 1 aromatic carbocycles. The Kier molecular flexibility index (Phi) is 5.09. The van der Waals surface area contributed by atoms with Crippen molar-refractivity contribution in [2.75, 3.05) is 11.1 Å². The van der Waals surface area contributed by atoms with E-state index in [2.05, 4.69) is 25.4 Å². The van der Waals surface area contributed by atoms with Crippen LogP contribution in [-0.2, 0) is 17.8 Å². The number of carbonyl (C=O) groups is 1. The Morgan fingerprint density at radius 2 is 2.00 bits per heavy atom. The van der Waals surface area contributed by atoms with E-state index < -0.39 is 0 Å². The maximum absolute atomic E-state index is 12.8. The molecule has 0 saturated heterocycles. The zero-order valence-electron chi connectivity index (χ0n) is 18.2. The van der Waals surface area contributed by atoms with Gasteiger partial charge in [0.05, 0.1) is 12.1 Å². The lowest BCUT2D eigenvalue weighted by molar-refractivity contribution is -0.115. The van der Waals surface area contributed by atoms with Crippen molar-refractivity contribution in [2.45, 2.75) is 26.9 Å². The second kappa shape index (κ2) is 8.23. The number of aromatic nitrogens is 6. The Morgan fingerprint density at radius 1 is 1.12 bits per heavy atom. The molecule has 10 heteroatoms. The number of hydrogen-bond acceptors (Lipinski definition) is 7. The molecule has 5 aromatic rings. The van der Waals surface area contributed by atoms with E-state index in [1.54, 1.807) is 10.6 Å². The van der Waals surface area contributed by atoms with Crippen LogP contribution in [0.3, 0.4) is 0 Å². The van der Waals surface area contributed by atoms with Gasteiger partial charge in [0.1, 0.15) is 18.0 Å². The van der Waals surface area contributed by atoms with Gasteiger partial charge in [-0.3, -0.25) is 4.79 Å². The van der Waals surface area contributed by atoms with Crippen LogP contribution in [0.1, 0.15) is 22.6 Å². The highest BCUT2D eigenvalue weighted by Crippen LogP contribution is 2.20. The first-order chi connectivity index (χ1) is 16.0. The maximum Gasteiger partial charge on any atom is 0.254 e. The number of pyridine rings is 1. The standard InChI is InChI=1S/C23H22N8O2/c1-14-19(15(2)31-23(25-14)28-22(24)29-31)11-21(32)27-16-6-5-7-18(10-16)33-13-17-12-30-9-4-3-8-20(30)26-17/h3-10,12H,11,13H2,1-2H3,(H2,24,29)(H,27,32). The van der Waals surface area contributed by atoms with Crippen LogP contribution in [0.25, 0.3) is 11.4 Å². The summed E-state index contributed by atoms with van der Waals surface area (Å²) in [6.07, 6.45) is 4.02. The number of nitrogens with zero attached hydrogens (tertiary/aromatic N) is 6. The number of aryl methyl sites for hydroxylation is 2. The molecule has 5 rings (SSSR count). The molecule has 0 aliphatic rings. The van der Waals surface area contributed by atoms with Crippen LogP contribution in [0.5, 0.6) is 5.75 Å². The van der Waals surface area contributed by atoms with Gasteiger partial charge in [-0.05, 0) is 38.1 Å². The summed E-state index contributed by atoms with van der Waals surface area (Å²) in [7, 11) is 0. The van der Waals surface area contributed by atoms with Crippen LogP contribution in [-0.4, -0.2) is 34.9 Å². The summed E-state index contributed by atoms with van der Waals surface area (Å²) in [5.41, 5.74) is 10.3. The first kappa shape index (κ1) is 20.4. The molecule has 0 aliphatic heterocycles. The highest BCUT2D eigenvalue weighted by atomic mass is 16.5. The first-order valence-corrected chi connectivity index (χ1v) is 10.4. The molecule has 4 aromatic heterocycles. The predicted molar refractivity (Wildman–Crippen MR) is 123 cm³/mol. The van der Waals surface area contributed by atoms with E-state index in [4.69, 9.17) is 10.5 Å². The molecular weight excluding hydrogens is 420 g/mol. The fourth-order valence-corrected chi connectivity index (χ4v) is 3.72. The quantitative estimate of drug-likeness (QED) is 0.414. The number of hydrogen-bond donors (Lipinski definition) is 2. The van der Waals surface area contributed by atoms with Gasteiger partial charge in [0.15, 0.2) is 0 Å². The molecule has 0 saturated carbocycles. The van der Waals surface area contributed by atoms with Crippen LogP contribution >= 0.6 is 0 Å². The zero-order valence-corrected chi connectivity index (χ0v) is 18.2. The summed E-state index contributed by atoms with van der Waals surface area (Å²) in [6, 6.07) is 13.1. The molecule has 0 spiro atoms. The van der Waals surface area contributed by atoms with Crippen molar-refractivity contribution in [1.82, 2.24) is 29.0 Å². The molecule has 0 unspecified atom stereocenters. The van der Waals surface area contributed by atoms with Gasteiger partial charge in [0.2, 0.25) is 11.9 Å². The molecule has 0 atom stereocenters. The lowest BCUT2D eigenvalue weighted by Gasteiger charge is -2.11. The van der Waals surface area contributed by atoms with E-state index >= 15 is 0 Å². The Bertz CT molecular complexity index is 1450. The van der Waals surface area contributed by atoms with E-state index in [0.29, 0.717) is 29.5 Å². The fourth-order valence-electron chi connectivity index (χ4n) is 3.72. The number of anilines is 2. The lowest BCUT2D eigenvalue weighted by Crippen LogP contribution is -2.17. The van der Waals surface area contributed by atoms with Crippen molar-refractivity contribution in [2.24, 2.45) is 0 Å². The highest BCUT2D eigenvalue weighted by molar-refractivity contribution is 5.92. The van der Waals surface area contributed by atoms with Crippen molar-refractivity contribution < 1.29 is 9.53 Å². The maximum atomic E-state index is 12.8. The summed E-state index contributed by atoms with van der Waals surface area (Å²) in [6.45, 7) is 4.03. The number of carbonyl (C=O) groups excluding carboxylic acids is 1. The second-order valence-corrected chi connectivity index (χ2v) is 7.68. The van der Waals surface area contributed by atoms with Gasteiger partial charge >= 0.3 is 0 Å². The number of amides is 1. The highest BCUT2D eigenvalue weighted by Gasteiger charge is 2.16. The molecule has 0 bridgehead atoms. The third kappa shape index (κ3) is 4.18. The van der Waals surface area contributed by atoms with Crippen molar-refractivity contribution >= 4 is 29.0 Å². The normalized spacial score (nSPS) is 11.2. The number of nitrogens with two attached hydrogens (primary N) is 1. The van der Waals surface area contributed by atoms with Crippen LogP contribution in [0.15, 0.2) is 54.9 Å². The molecule has 0 radical (unpaired) electrons. The number of nitrogen functional groups attached to an aromatic ring is 1. The van der Waals surface area contributed by atoms with Crippen molar-refractivity contribution in [1.29, 1.82) is 0 Å². The number of nitrogens with one attached hydrogen (secondary N) is 1. The van der Waals surface area contributed by atoms with Gasteiger partial charge in [-0.15, -0.1) is 5.10 Å². The number of rotatable bonds is 6. The minimum absolute atomic E-state index is 0.145. The van der Waals surface area contributed by atoms with E-state index in [-0.39, 0.29) is 18.3 Å². The number of fused-ring (bicyclic) bond motifs is 2.